The van der Waals surface area contributed by atoms with Gasteiger partial charge in [0.25, 0.3) is 0 Å². The summed E-state index contributed by atoms with van der Waals surface area (Å²) in [4.78, 5) is 15.7. The maximum atomic E-state index is 11.7. The van der Waals surface area contributed by atoms with Gasteiger partial charge < -0.3 is 10.6 Å². The topological polar surface area (TPSA) is 54.0 Å². The van der Waals surface area contributed by atoms with Crippen LogP contribution in [0.15, 0.2) is 48.8 Å². The molecular formula is C16H18ClN3O. The maximum Gasteiger partial charge on any atom is 0.221 e. The standard InChI is InChI=1S/C16H18ClN3O/c17-15-3-1-13(2-4-15)12-20-16(21)7-10-19-11-14-5-8-18-9-6-14/h1-6,8-9,19H,7,10-12H2,(H,20,21). The molecule has 0 bridgehead atoms. The molecule has 0 saturated heterocycles. The fourth-order valence-corrected chi connectivity index (χ4v) is 1.95. The van der Waals surface area contributed by atoms with E-state index in [1.54, 1.807) is 12.4 Å². The minimum atomic E-state index is 0.0344. The van der Waals surface area contributed by atoms with Crippen LogP contribution in [0, 0.1) is 0 Å². The summed E-state index contributed by atoms with van der Waals surface area (Å²) in [5.74, 6) is 0.0344. The van der Waals surface area contributed by atoms with Crippen molar-refractivity contribution in [2.75, 3.05) is 6.54 Å². The summed E-state index contributed by atoms with van der Waals surface area (Å²) < 4.78 is 0. The average Bonchev–Trinajstić information content (AvgIpc) is 2.52. The number of halogens is 1. The molecule has 1 heterocycles. The third kappa shape index (κ3) is 5.94. The zero-order valence-electron chi connectivity index (χ0n) is 11.7. The van der Waals surface area contributed by atoms with E-state index < -0.39 is 0 Å². The van der Waals surface area contributed by atoms with Crippen molar-refractivity contribution in [3.63, 3.8) is 0 Å². The number of benzene rings is 1. The van der Waals surface area contributed by atoms with Gasteiger partial charge in [-0.25, -0.2) is 0 Å². The molecule has 0 atom stereocenters. The Morgan fingerprint density at radius 3 is 2.38 bits per heavy atom. The van der Waals surface area contributed by atoms with Gasteiger partial charge >= 0.3 is 0 Å². The highest BCUT2D eigenvalue weighted by Gasteiger charge is 2.01. The quantitative estimate of drug-likeness (QED) is 0.773. The van der Waals surface area contributed by atoms with Crippen molar-refractivity contribution >= 4 is 17.5 Å². The first kappa shape index (κ1) is 15.5. The third-order valence-electron chi connectivity index (χ3n) is 3.01. The molecule has 0 aliphatic rings. The lowest BCUT2D eigenvalue weighted by Gasteiger charge is -2.07. The molecule has 0 unspecified atom stereocenters. The molecule has 1 aromatic heterocycles. The summed E-state index contributed by atoms with van der Waals surface area (Å²) in [6, 6.07) is 11.4. The van der Waals surface area contributed by atoms with Crippen molar-refractivity contribution in [3.8, 4) is 0 Å². The van der Waals surface area contributed by atoms with Gasteiger partial charge in [-0.3, -0.25) is 9.78 Å². The number of nitrogens with zero attached hydrogens (tertiary/aromatic N) is 1. The first-order valence-corrected chi connectivity index (χ1v) is 7.22. The minimum absolute atomic E-state index is 0.0344. The Morgan fingerprint density at radius 1 is 1.00 bits per heavy atom. The number of carbonyl (C=O) groups excluding carboxylic acids is 1. The molecule has 2 N–H and O–H groups in total. The van der Waals surface area contributed by atoms with Crippen molar-refractivity contribution < 1.29 is 4.79 Å². The molecule has 0 aliphatic heterocycles. The molecule has 0 radical (unpaired) electrons. The zero-order chi connectivity index (χ0) is 14.9. The minimum Gasteiger partial charge on any atom is -0.352 e. The van der Waals surface area contributed by atoms with E-state index in [9.17, 15) is 4.79 Å². The van der Waals surface area contributed by atoms with Crippen LogP contribution in [0.4, 0.5) is 0 Å². The van der Waals surface area contributed by atoms with Crippen LogP contribution in [0.2, 0.25) is 5.02 Å². The van der Waals surface area contributed by atoms with Crippen LogP contribution in [-0.2, 0) is 17.9 Å². The summed E-state index contributed by atoms with van der Waals surface area (Å²) in [6.45, 7) is 1.92. The van der Waals surface area contributed by atoms with Crippen molar-refractivity contribution in [2.45, 2.75) is 19.5 Å². The molecular weight excluding hydrogens is 286 g/mol. The molecule has 5 heteroatoms. The van der Waals surface area contributed by atoms with E-state index in [0.29, 0.717) is 24.5 Å². The van der Waals surface area contributed by atoms with E-state index in [1.807, 2.05) is 36.4 Å². The molecule has 4 nitrogen and oxygen atoms in total. The summed E-state index contributed by atoms with van der Waals surface area (Å²) in [7, 11) is 0. The molecule has 0 fully saturated rings. The number of carbonyl (C=O) groups is 1. The Labute approximate surface area is 129 Å². The molecule has 2 aromatic rings. The number of nitrogens with one attached hydrogen (secondary N) is 2. The molecule has 21 heavy (non-hydrogen) atoms. The first-order valence-electron chi connectivity index (χ1n) is 6.85. The monoisotopic (exact) mass is 303 g/mol. The Morgan fingerprint density at radius 2 is 1.67 bits per heavy atom. The summed E-state index contributed by atoms with van der Waals surface area (Å²) >= 11 is 5.81. The maximum absolute atomic E-state index is 11.7. The van der Waals surface area contributed by atoms with Crippen LogP contribution in [0.25, 0.3) is 0 Å². The highest BCUT2D eigenvalue weighted by molar-refractivity contribution is 6.30. The fourth-order valence-electron chi connectivity index (χ4n) is 1.83. The number of rotatable bonds is 7. The van der Waals surface area contributed by atoms with Gasteiger partial charge in [-0.15, -0.1) is 0 Å². The third-order valence-corrected chi connectivity index (χ3v) is 3.26. The molecule has 1 aromatic carbocycles. The summed E-state index contributed by atoms with van der Waals surface area (Å²) in [5, 5.41) is 6.82. The molecule has 0 spiro atoms. The van der Waals surface area contributed by atoms with Gasteiger partial charge in [0, 0.05) is 43.5 Å². The lowest BCUT2D eigenvalue weighted by atomic mass is 10.2. The van der Waals surface area contributed by atoms with Crippen LogP contribution in [0.5, 0.6) is 0 Å². The number of pyridine rings is 1. The van der Waals surface area contributed by atoms with Gasteiger partial charge in [0.15, 0.2) is 0 Å². The fraction of sp³-hybridized carbons (Fsp3) is 0.250. The van der Waals surface area contributed by atoms with Crippen LogP contribution in [-0.4, -0.2) is 17.4 Å². The molecule has 1 amide bonds. The van der Waals surface area contributed by atoms with Crippen LogP contribution in [0.3, 0.4) is 0 Å². The first-order chi connectivity index (χ1) is 10.2. The van der Waals surface area contributed by atoms with Crippen LogP contribution >= 0.6 is 11.6 Å². The van der Waals surface area contributed by atoms with Gasteiger partial charge in [0.05, 0.1) is 0 Å². The van der Waals surface area contributed by atoms with Crippen molar-refractivity contribution in [1.82, 2.24) is 15.6 Å². The van der Waals surface area contributed by atoms with Crippen molar-refractivity contribution in [1.29, 1.82) is 0 Å². The van der Waals surface area contributed by atoms with E-state index in [-0.39, 0.29) is 5.91 Å². The second-order valence-corrected chi connectivity index (χ2v) is 5.12. The van der Waals surface area contributed by atoms with Gasteiger partial charge in [-0.05, 0) is 35.4 Å². The SMILES string of the molecule is O=C(CCNCc1ccncc1)NCc1ccc(Cl)cc1. The van der Waals surface area contributed by atoms with Crippen LogP contribution in [0.1, 0.15) is 17.5 Å². The largest absolute Gasteiger partial charge is 0.352 e. The van der Waals surface area contributed by atoms with E-state index in [0.717, 1.165) is 17.7 Å². The lowest BCUT2D eigenvalue weighted by molar-refractivity contribution is -0.121. The van der Waals surface area contributed by atoms with Gasteiger partial charge in [0.2, 0.25) is 5.91 Å². The van der Waals surface area contributed by atoms with E-state index in [1.165, 1.54) is 0 Å². The zero-order valence-corrected chi connectivity index (χ0v) is 12.4. The molecule has 2 rings (SSSR count). The molecule has 0 aliphatic carbocycles. The number of aromatic nitrogens is 1. The second kappa shape index (κ2) is 8.39. The predicted molar refractivity (Wildman–Crippen MR) is 83.9 cm³/mol. The second-order valence-electron chi connectivity index (χ2n) is 4.69. The van der Waals surface area contributed by atoms with Gasteiger partial charge in [-0.2, -0.15) is 0 Å². The Bertz CT molecular complexity index is 557. The highest BCUT2D eigenvalue weighted by Crippen LogP contribution is 2.09. The summed E-state index contributed by atoms with van der Waals surface area (Å²) in [5.41, 5.74) is 2.20. The molecule has 0 saturated carbocycles. The predicted octanol–water partition coefficient (Wildman–Crippen LogP) is 2.53. The number of hydrogen-bond donors (Lipinski definition) is 2. The van der Waals surface area contributed by atoms with Crippen LogP contribution < -0.4 is 10.6 Å². The summed E-state index contributed by atoms with van der Waals surface area (Å²) in [6.07, 6.45) is 3.98. The Hall–Kier alpha value is -1.91. The van der Waals surface area contributed by atoms with E-state index in [4.69, 9.17) is 11.6 Å². The van der Waals surface area contributed by atoms with E-state index in [2.05, 4.69) is 15.6 Å². The highest BCUT2D eigenvalue weighted by atomic mass is 35.5. The van der Waals surface area contributed by atoms with Gasteiger partial charge in [0.1, 0.15) is 0 Å². The Kier molecular flexibility index (Phi) is 6.19. The normalized spacial score (nSPS) is 10.3. The van der Waals surface area contributed by atoms with Crippen molar-refractivity contribution in [3.05, 3.63) is 64.9 Å². The van der Waals surface area contributed by atoms with E-state index >= 15 is 0 Å². The molecule has 110 valence electrons. The smallest absolute Gasteiger partial charge is 0.221 e. The van der Waals surface area contributed by atoms with Gasteiger partial charge in [-0.1, -0.05) is 23.7 Å². The number of amides is 1. The van der Waals surface area contributed by atoms with Crippen molar-refractivity contribution in [2.24, 2.45) is 0 Å². The average molecular weight is 304 g/mol. The number of hydrogen-bond acceptors (Lipinski definition) is 3. The Balaban J connectivity index is 1.60. The lowest BCUT2D eigenvalue weighted by Crippen LogP contribution is -2.27.